The average Bonchev–Trinajstić information content (AvgIpc) is 2.80. The smallest absolute Gasteiger partial charge is 0.244 e. The number of carbonyl (C=O) groups is 2. The molecule has 2 amide bonds. The monoisotopic (exact) mass is 249 g/mol. The summed E-state index contributed by atoms with van der Waals surface area (Å²) in [6, 6.07) is 1.57. The normalized spacial score (nSPS) is 22.8. The van der Waals surface area contributed by atoms with Gasteiger partial charge >= 0.3 is 0 Å². The molecule has 1 aliphatic heterocycles. The highest BCUT2D eigenvalue weighted by atomic mass is 16.2. The Morgan fingerprint density at radius 3 is 2.33 bits per heavy atom. The van der Waals surface area contributed by atoms with Crippen LogP contribution in [0.4, 0.5) is 0 Å². The Morgan fingerprint density at radius 1 is 1.28 bits per heavy atom. The van der Waals surface area contributed by atoms with Crippen molar-refractivity contribution in [2.75, 3.05) is 13.1 Å². The third kappa shape index (κ3) is 2.20. The van der Waals surface area contributed by atoms with Crippen LogP contribution in [-0.2, 0) is 9.59 Å². The molecule has 0 radical (unpaired) electrons. The van der Waals surface area contributed by atoms with Gasteiger partial charge in [0.05, 0.1) is 6.07 Å². The van der Waals surface area contributed by atoms with E-state index in [1.165, 1.54) is 0 Å². The molecule has 0 bridgehead atoms. The summed E-state index contributed by atoms with van der Waals surface area (Å²) in [5, 5.41) is 11.8. The largest absolute Gasteiger partial charge is 0.343 e. The maximum absolute atomic E-state index is 12.0. The highest BCUT2D eigenvalue weighted by molar-refractivity contribution is 5.91. The molecule has 0 aromatic carbocycles. The van der Waals surface area contributed by atoms with Gasteiger partial charge in [-0.2, -0.15) is 5.26 Å². The molecule has 5 nitrogen and oxygen atoms in total. The predicted molar refractivity (Wildman–Crippen MR) is 65.3 cm³/mol. The highest BCUT2D eigenvalue weighted by Gasteiger charge is 2.45. The van der Waals surface area contributed by atoms with E-state index in [0.29, 0.717) is 12.8 Å². The van der Waals surface area contributed by atoms with Gasteiger partial charge in [0, 0.05) is 13.1 Å². The molecule has 1 heterocycles. The second kappa shape index (κ2) is 4.97. The van der Waals surface area contributed by atoms with Gasteiger partial charge in [-0.05, 0) is 39.0 Å². The maximum Gasteiger partial charge on any atom is 0.244 e. The fourth-order valence-corrected chi connectivity index (χ4v) is 2.53. The van der Waals surface area contributed by atoms with Crippen LogP contribution in [-0.4, -0.2) is 35.8 Å². The number of nitrogens with zero attached hydrogens (tertiary/aromatic N) is 2. The van der Waals surface area contributed by atoms with Gasteiger partial charge in [0.2, 0.25) is 11.8 Å². The zero-order chi connectivity index (χ0) is 13.2. The lowest BCUT2D eigenvalue weighted by atomic mass is 9.69. The maximum atomic E-state index is 12.0. The quantitative estimate of drug-likeness (QED) is 0.804. The van der Waals surface area contributed by atoms with Crippen LogP contribution in [0.3, 0.4) is 0 Å². The number of rotatable bonds is 3. The summed E-state index contributed by atoms with van der Waals surface area (Å²) in [7, 11) is 0. The van der Waals surface area contributed by atoms with E-state index < -0.39 is 11.5 Å². The minimum absolute atomic E-state index is 0.0340. The molecule has 0 aromatic heterocycles. The Labute approximate surface area is 107 Å². The van der Waals surface area contributed by atoms with Gasteiger partial charge in [-0.15, -0.1) is 0 Å². The van der Waals surface area contributed by atoms with E-state index in [1.54, 1.807) is 11.8 Å². The second-order valence-electron chi connectivity index (χ2n) is 5.28. The number of carbonyl (C=O) groups excluding carboxylic acids is 2. The van der Waals surface area contributed by atoms with Gasteiger partial charge in [0.1, 0.15) is 11.5 Å². The van der Waals surface area contributed by atoms with Crippen molar-refractivity contribution in [3.8, 4) is 6.07 Å². The third-order valence-electron chi connectivity index (χ3n) is 3.99. The molecule has 2 fully saturated rings. The van der Waals surface area contributed by atoms with E-state index in [0.717, 1.165) is 32.4 Å². The van der Waals surface area contributed by atoms with E-state index >= 15 is 0 Å². The van der Waals surface area contributed by atoms with Crippen LogP contribution in [0.25, 0.3) is 0 Å². The Morgan fingerprint density at radius 2 is 1.89 bits per heavy atom. The van der Waals surface area contributed by atoms with E-state index in [1.807, 2.05) is 0 Å². The van der Waals surface area contributed by atoms with Gasteiger partial charge in [0.25, 0.3) is 0 Å². The van der Waals surface area contributed by atoms with Crippen molar-refractivity contribution >= 4 is 11.8 Å². The summed E-state index contributed by atoms with van der Waals surface area (Å²) in [6.45, 7) is 3.26. The molecule has 2 aliphatic rings. The number of likely N-dealkylation sites (tertiary alicyclic amines) is 1. The van der Waals surface area contributed by atoms with Crippen LogP contribution in [0.5, 0.6) is 0 Å². The van der Waals surface area contributed by atoms with Gasteiger partial charge in [-0.1, -0.05) is 0 Å². The van der Waals surface area contributed by atoms with Crippen LogP contribution in [0.15, 0.2) is 0 Å². The zero-order valence-corrected chi connectivity index (χ0v) is 10.7. The van der Waals surface area contributed by atoms with E-state index in [4.69, 9.17) is 5.26 Å². The van der Waals surface area contributed by atoms with Gasteiger partial charge in [-0.3, -0.25) is 9.59 Å². The fraction of sp³-hybridized carbons (Fsp3) is 0.769. The van der Waals surface area contributed by atoms with Crippen molar-refractivity contribution in [1.29, 1.82) is 5.26 Å². The molecular formula is C13H19N3O2. The molecule has 5 heteroatoms. The number of hydrogen-bond donors (Lipinski definition) is 1. The summed E-state index contributed by atoms with van der Waals surface area (Å²) in [4.78, 5) is 25.8. The Bertz CT molecular complexity index is 390. The first-order chi connectivity index (χ1) is 8.59. The van der Waals surface area contributed by atoms with Crippen LogP contribution in [0.1, 0.15) is 39.0 Å². The van der Waals surface area contributed by atoms with Crippen molar-refractivity contribution in [3.63, 3.8) is 0 Å². The first kappa shape index (κ1) is 12.9. The lowest BCUT2D eigenvalue weighted by Gasteiger charge is -2.34. The van der Waals surface area contributed by atoms with Crippen molar-refractivity contribution in [2.24, 2.45) is 5.41 Å². The Balaban J connectivity index is 1.90. The molecular weight excluding hydrogens is 230 g/mol. The first-order valence-corrected chi connectivity index (χ1v) is 6.60. The number of nitriles is 1. The average molecular weight is 249 g/mol. The van der Waals surface area contributed by atoms with Crippen molar-refractivity contribution in [3.05, 3.63) is 0 Å². The summed E-state index contributed by atoms with van der Waals surface area (Å²) in [6.07, 6.45) is 4.21. The molecule has 1 unspecified atom stereocenters. The molecule has 2 rings (SSSR count). The third-order valence-corrected chi connectivity index (χ3v) is 3.99. The summed E-state index contributed by atoms with van der Waals surface area (Å²) < 4.78 is 0. The molecule has 1 atom stereocenters. The van der Waals surface area contributed by atoms with E-state index in [2.05, 4.69) is 11.4 Å². The van der Waals surface area contributed by atoms with Gasteiger partial charge < -0.3 is 10.2 Å². The second-order valence-corrected chi connectivity index (χ2v) is 5.28. The number of amides is 2. The Kier molecular flexibility index (Phi) is 3.55. The molecule has 18 heavy (non-hydrogen) atoms. The predicted octanol–water partition coefficient (Wildman–Crippen LogP) is 0.807. The fourth-order valence-electron chi connectivity index (χ4n) is 2.53. The van der Waals surface area contributed by atoms with Crippen molar-refractivity contribution in [1.82, 2.24) is 10.2 Å². The van der Waals surface area contributed by atoms with Crippen LogP contribution in [0, 0.1) is 16.7 Å². The minimum atomic E-state index is -0.875. The zero-order valence-electron chi connectivity index (χ0n) is 10.7. The number of nitrogens with one attached hydrogen (secondary N) is 1. The van der Waals surface area contributed by atoms with Crippen molar-refractivity contribution in [2.45, 2.75) is 45.1 Å². The number of hydrogen-bond acceptors (Lipinski definition) is 3. The molecule has 0 spiro atoms. The van der Waals surface area contributed by atoms with Crippen LogP contribution >= 0.6 is 0 Å². The topological polar surface area (TPSA) is 73.2 Å². The molecule has 1 saturated heterocycles. The van der Waals surface area contributed by atoms with Crippen LogP contribution in [0.2, 0.25) is 0 Å². The lowest BCUT2D eigenvalue weighted by molar-refractivity contribution is -0.139. The molecule has 1 saturated carbocycles. The SMILES string of the molecule is CC(NC(=O)C1(C#N)CCC1)C(=O)N1CCCC1. The molecule has 0 aromatic rings. The van der Waals surface area contributed by atoms with Crippen molar-refractivity contribution < 1.29 is 9.59 Å². The molecule has 98 valence electrons. The van der Waals surface area contributed by atoms with E-state index in [-0.39, 0.29) is 11.8 Å². The Hall–Kier alpha value is -1.57. The van der Waals surface area contributed by atoms with Gasteiger partial charge in [0.15, 0.2) is 0 Å². The summed E-state index contributed by atoms with van der Waals surface area (Å²) >= 11 is 0. The minimum Gasteiger partial charge on any atom is -0.343 e. The van der Waals surface area contributed by atoms with Crippen LogP contribution < -0.4 is 5.32 Å². The molecule has 1 aliphatic carbocycles. The first-order valence-electron chi connectivity index (χ1n) is 6.60. The molecule has 1 N–H and O–H groups in total. The summed E-state index contributed by atoms with van der Waals surface area (Å²) in [5.74, 6) is -0.315. The van der Waals surface area contributed by atoms with Gasteiger partial charge in [-0.25, -0.2) is 0 Å². The summed E-state index contributed by atoms with van der Waals surface area (Å²) in [5.41, 5.74) is -0.875. The van der Waals surface area contributed by atoms with E-state index in [9.17, 15) is 9.59 Å². The highest BCUT2D eigenvalue weighted by Crippen LogP contribution is 2.40. The standard InChI is InChI=1S/C13H19N3O2/c1-10(11(17)16-7-2-3-8-16)15-12(18)13(9-14)5-4-6-13/h10H,2-8H2,1H3,(H,15,18). The lowest BCUT2D eigenvalue weighted by Crippen LogP contribution is -2.52.